The molecule has 0 aliphatic carbocycles. The van der Waals surface area contributed by atoms with Crippen LogP contribution >= 0.6 is 0 Å². The largest absolute Gasteiger partial charge is 0.394 e. The van der Waals surface area contributed by atoms with Crippen molar-refractivity contribution in [3.05, 3.63) is 35.9 Å². The number of benzene rings is 1. The number of nitrogens with one attached hydrogen (secondary N) is 1. The number of rotatable bonds is 9. The van der Waals surface area contributed by atoms with Crippen molar-refractivity contribution in [1.82, 2.24) is 5.32 Å². The van der Waals surface area contributed by atoms with Crippen LogP contribution in [0.4, 0.5) is 0 Å². The zero-order valence-electron chi connectivity index (χ0n) is 16.3. The third-order valence-electron chi connectivity index (χ3n) is 5.16. The Bertz CT molecular complexity index is 565. The van der Waals surface area contributed by atoms with Gasteiger partial charge in [-0.15, -0.1) is 0 Å². The maximum atomic E-state index is 12.3. The molecule has 2 unspecified atom stereocenters. The molecule has 4 N–H and O–H groups in total. The highest BCUT2D eigenvalue weighted by molar-refractivity contribution is 5.76. The van der Waals surface area contributed by atoms with E-state index < -0.39 is 30.5 Å². The second-order valence-electron chi connectivity index (χ2n) is 7.69. The van der Waals surface area contributed by atoms with Gasteiger partial charge in [0.2, 0.25) is 5.91 Å². The van der Waals surface area contributed by atoms with Crippen molar-refractivity contribution < 1.29 is 24.9 Å². The molecule has 1 aliphatic heterocycles. The number of carbonyl (C=O) groups excluding carboxylic acids is 1. The summed E-state index contributed by atoms with van der Waals surface area (Å²) in [5.41, 5.74) is 1.30. The van der Waals surface area contributed by atoms with Gasteiger partial charge >= 0.3 is 0 Å². The lowest BCUT2D eigenvalue weighted by Crippen LogP contribution is -2.65. The van der Waals surface area contributed by atoms with Gasteiger partial charge in [-0.2, -0.15) is 0 Å². The van der Waals surface area contributed by atoms with Gasteiger partial charge < -0.3 is 25.4 Å². The van der Waals surface area contributed by atoms with Crippen LogP contribution in [0.15, 0.2) is 30.3 Å². The molecule has 0 bridgehead atoms. The number of ether oxygens (including phenoxy) is 1. The lowest BCUT2D eigenvalue weighted by molar-refractivity contribution is -0.204. The Hall–Kier alpha value is -1.47. The quantitative estimate of drug-likeness (QED) is 0.486. The maximum absolute atomic E-state index is 12.3. The van der Waals surface area contributed by atoms with Crippen LogP contribution in [-0.2, 0) is 16.0 Å². The van der Waals surface area contributed by atoms with Crippen LogP contribution in [0.25, 0.3) is 0 Å². The first kappa shape index (κ1) is 21.8. The normalized spacial score (nSPS) is 28.3. The van der Waals surface area contributed by atoms with E-state index in [2.05, 4.69) is 17.4 Å². The molecule has 1 saturated heterocycles. The zero-order chi connectivity index (χ0) is 19.8. The van der Waals surface area contributed by atoms with Gasteiger partial charge in [0.1, 0.15) is 18.3 Å². The van der Waals surface area contributed by atoms with E-state index in [1.54, 1.807) is 0 Å². The molecule has 1 aliphatic rings. The average Bonchev–Trinajstić information content (AvgIpc) is 2.66. The van der Waals surface area contributed by atoms with Crippen LogP contribution < -0.4 is 5.32 Å². The molecular weight excluding hydrogens is 346 g/mol. The Balaban J connectivity index is 1.77. The van der Waals surface area contributed by atoms with Gasteiger partial charge in [0.05, 0.1) is 18.8 Å². The first-order valence-electron chi connectivity index (χ1n) is 9.89. The number of aliphatic hydroxyl groups is 3. The molecule has 0 saturated carbocycles. The van der Waals surface area contributed by atoms with Crippen molar-refractivity contribution in [3.63, 3.8) is 0 Å². The standard InChI is InChI=1S/C21H33NO5/c1-14(2)21-18(20(26)19(25)16(13-23)27-21)22-17(24)12-8-4-7-11-15-9-5-3-6-10-15/h3,5-6,9-10,14,16,18-21,23,25-26H,4,7-8,11-13H2,1-2H3,(H,22,24)/t16?,18?,19-,20-,21+/m1/s1. The van der Waals surface area contributed by atoms with Gasteiger partial charge in [0, 0.05) is 6.42 Å². The fraction of sp³-hybridized carbons (Fsp3) is 0.667. The summed E-state index contributed by atoms with van der Waals surface area (Å²) in [7, 11) is 0. The first-order valence-corrected chi connectivity index (χ1v) is 9.89. The van der Waals surface area contributed by atoms with E-state index >= 15 is 0 Å². The molecule has 0 spiro atoms. The summed E-state index contributed by atoms with van der Waals surface area (Å²) in [4.78, 5) is 12.3. The predicted molar refractivity (Wildman–Crippen MR) is 103 cm³/mol. The van der Waals surface area contributed by atoms with Crippen LogP contribution in [0.3, 0.4) is 0 Å². The van der Waals surface area contributed by atoms with Crippen LogP contribution in [0, 0.1) is 5.92 Å². The van der Waals surface area contributed by atoms with E-state index in [9.17, 15) is 20.1 Å². The van der Waals surface area contributed by atoms with Crippen molar-refractivity contribution in [2.24, 2.45) is 5.92 Å². The molecule has 1 heterocycles. The molecule has 27 heavy (non-hydrogen) atoms. The van der Waals surface area contributed by atoms with Crippen molar-refractivity contribution in [1.29, 1.82) is 0 Å². The topological polar surface area (TPSA) is 99.0 Å². The molecule has 1 fully saturated rings. The lowest BCUT2D eigenvalue weighted by atomic mass is 9.87. The molecule has 6 heteroatoms. The van der Waals surface area contributed by atoms with E-state index in [4.69, 9.17) is 4.74 Å². The average molecular weight is 379 g/mol. The smallest absolute Gasteiger partial charge is 0.220 e. The van der Waals surface area contributed by atoms with Crippen molar-refractivity contribution in [2.45, 2.75) is 76.4 Å². The molecule has 1 aromatic rings. The Morgan fingerprint density at radius 1 is 1.11 bits per heavy atom. The molecule has 1 aromatic carbocycles. The Morgan fingerprint density at radius 3 is 2.44 bits per heavy atom. The summed E-state index contributed by atoms with van der Waals surface area (Å²) >= 11 is 0. The highest BCUT2D eigenvalue weighted by Gasteiger charge is 2.45. The predicted octanol–water partition coefficient (Wildman–Crippen LogP) is 1.41. The molecule has 0 radical (unpaired) electrons. The second-order valence-corrected chi connectivity index (χ2v) is 7.69. The Morgan fingerprint density at radius 2 is 1.81 bits per heavy atom. The summed E-state index contributed by atoms with van der Waals surface area (Å²) in [6, 6.07) is 9.59. The SMILES string of the molecule is CC(C)[C@@H]1OC(CO)[C@@H](O)[C@H](O)C1NC(=O)CCCCCc1ccccc1. The van der Waals surface area contributed by atoms with Crippen LogP contribution in [0.1, 0.15) is 45.1 Å². The van der Waals surface area contributed by atoms with E-state index in [1.807, 2.05) is 32.0 Å². The van der Waals surface area contributed by atoms with Crippen LogP contribution in [0.5, 0.6) is 0 Å². The lowest BCUT2D eigenvalue weighted by Gasteiger charge is -2.44. The number of hydrogen-bond acceptors (Lipinski definition) is 5. The summed E-state index contributed by atoms with van der Waals surface area (Å²) < 4.78 is 5.71. The fourth-order valence-corrected chi connectivity index (χ4v) is 3.58. The number of hydrogen-bond donors (Lipinski definition) is 4. The van der Waals surface area contributed by atoms with E-state index in [0.717, 1.165) is 25.7 Å². The van der Waals surface area contributed by atoms with Gasteiger partial charge in [0.25, 0.3) is 0 Å². The number of amides is 1. The van der Waals surface area contributed by atoms with Gasteiger partial charge in [-0.25, -0.2) is 0 Å². The molecule has 5 atom stereocenters. The van der Waals surface area contributed by atoms with E-state index in [-0.39, 0.29) is 18.4 Å². The summed E-state index contributed by atoms with van der Waals surface area (Å²) in [5, 5.41) is 32.6. The molecule has 0 aromatic heterocycles. The molecular formula is C21H33NO5. The fourth-order valence-electron chi connectivity index (χ4n) is 3.58. The monoisotopic (exact) mass is 379 g/mol. The summed E-state index contributed by atoms with van der Waals surface area (Å²) in [5.74, 6) is -0.125. The molecule has 1 amide bonds. The Kier molecular flexibility index (Phi) is 8.70. The number of aryl methyl sites for hydroxylation is 1. The van der Waals surface area contributed by atoms with Crippen molar-refractivity contribution >= 4 is 5.91 Å². The third-order valence-corrected chi connectivity index (χ3v) is 5.16. The minimum atomic E-state index is -1.22. The van der Waals surface area contributed by atoms with Gasteiger partial charge in [-0.1, -0.05) is 50.6 Å². The highest BCUT2D eigenvalue weighted by Crippen LogP contribution is 2.26. The molecule has 2 rings (SSSR count). The van der Waals surface area contributed by atoms with Gasteiger partial charge in [-0.05, 0) is 30.7 Å². The van der Waals surface area contributed by atoms with Crippen molar-refractivity contribution in [3.8, 4) is 0 Å². The van der Waals surface area contributed by atoms with Crippen LogP contribution in [0.2, 0.25) is 0 Å². The van der Waals surface area contributed by atoms with E-state index in [1.165, 1.54) is 5.56 Å². The minimum absolute atomic E-state index is 0.0253. The summed E-state index contributed by atoms with van der Waals surface area (Å²) in [6.45, 7) is 3.47. The number of unbranched alkanes of at least 4 members (excludes halogenated alkanes) is 2. The number of aliphatic hydroxyl groups excluding tert-OH is 3. The first-order chi connectivity index (χ1) is 12.9. The van der Waals surface area contributed by atoms with Crippen molar-refractivity contribution in [2.75, 3.05) is 6.61 Å². The zero-order valence-corrected chi connectivity index (χ0v) is 16.3. The molecule has 6 nitrogen and oxygen atoms in total. The van der Waals surface area contributed by atoms with Crippen LogP contribution in [-0.4, -0.2) is 58.3 Å². The minimum Gasteiger partial charge on any atom is -0.394 e. The molecule has 152 valence electrons. The van der Waals surface area contributed by atoms with Gasteiger partial charge in [0.15, 0.2) is 0 Å². The second kappa shape index (κ2) is 10.8. The highest BCUT2D eigenvalue weighted by atomic mass is 16.5. The Labute approximate surface area is 161 Å². The maximum Gasteiger partial charge on any atom is 0.220 e. The third kappa shape index (κ3) is 6.28. The number of carbonyl (C=O) groups is 1. The van der Waals surface area contributed by atoms with E-state index in [0.29, 0.717) is 6.42 Å². The van der Waals surface area contributed by atoms with Gasteiger partial charge in [-0.3, -0.25) is 4.79 Å². The summed E-state index contributed by atoms with van der Waals surface area (Å²) in [6.07, 6.45) is 0.459.